The summed E-state index contributed by atoms with van der Waals surface area (Å²) < 4.78 is 11.2. The Balaban J connectivity index is 1.92. The Hall–Kier alpha value is -4.08. The third-order valence-electron chi connectivity index (χ3n) is 3.97. The summed E-state index contributed by atoms with van der Waals surface area (Å²) in [7, 11) is 1.42. The zero-order valence-electron chi connectivity index (χ0n) is 15.6. The molecule has 0 radical (unpaired) electrons. The van der Waals surface area contributed by atoms with Gasteiger partial charge in [0.05, 0.1) is 25.6 Å². The zero-order chi connectivity index (χ0) is 21.0. The molecule has 10 heteroatoms. The highest BCUT2D eigenvalue weighted by atomic mass is 16.5. The van der Waals surface area contributed by atoms with Crippen LogP contribution in [0.2, 0.25) is 0 Å². The van der Waals surface area contributed by atoms with E-state index in [4.69, 9.17) is 9.15 Å². The number of aromatic amines is 1. The molecule has 0 saturated carbocycles. The fourth-order valence-electron chi connectivity index (χ4n) is 2.65. The summed E-state index contributed by atoms with van der Waals surface area (Å²) >= 11 is 0. The van der Waals surface area contributed by atoms with Crippen LogP contribution in [0.5, 0.6) is 5.75 Å². The molecule has 29 heavy (non-hydrogen) atoms. The van der Waals surface area contributed by atoms with E-state index < -0.39 is 17.2 Å². The average Bonchev–Trinajstić information content (AvgIpc) is 3.18. The molecule has 10 nitrogen and oxygen atoms in total. The van der Waals surface area contributed by atoms with Crippen molar-refractivity contribution in [3.05, 3.63) is 75.0 Å². The maximum atomic E-state index is 12.7. The number of carbonyl (C=O) groups is 2. The van der Waals surface area contributed by atoms with Crippen molar-refractivity contribution in [2.45, 2.75) is 13.5 Å². The van der Waals surface area contributed by atoms with E-state index in [9.17, 15) is 19.2 Å². The molecular formula is C19H18N4O6. The van der Waals surface area contributed by atoms with Crippen LogP contribution in [-0.2, 0) is 11.3 Å². The summed E-state index contributed by atoms with van der Waals surface area (Å²) in [5.41, 5.74) is -1.05. The Morgan fingerprint density at radius 3 is 2.66 bits per heavy atom. The average molecular weight is 398 g/mol. The van der Waals surface area contributed by atoms with Gasteiger partial charge in [-0.2, -0.15) is 0 Å². The standard InChI is InChI=1S/C19H18N4O6/c1-11(24)21-12-5-6-16(28-2)15(8-12)22-17(25)14-9-20-19(27)23(18(14)26)10-13-4-3-7-29-13/h3-9H,10H2,1-2H3,(H,20,27)(H,21,24)(H,22,25). The molecule has 0 spiro atoms. The number of amides is 2. The number of hydrogen-bond acceptors (Lipinski definition) is 6. The van der Waals surface area contributed by atoms with Crippen molar-refractivity contribution in [2.75, 3.05) is 17.7 Å². The molecule has 0 bridgehead atoms. The third-order valence-corrected chi connectivity index (χ3v) is 3.97. The number of hydrogen-bond donors (Lipinski definition) is 3. The molecule has 2 heterocycles. The number of benzene rings is 1. The minimum atomic E-state index is -0.778. The van der Waals surface area contributed by atoms with Gasteiger partial charge in [-0.1, -0.05) is 0 Å². The number of carbonyl (C=O) groups excluding carboxylic acids is 2. The maximum Gasteiger partial charge on any atom is 0.328 e. The second-order valence-electron chi connectivity index (χ2n) is 6.03. The van der Waals surface area contributed by atoms with Crippen LogP contribution in [0.4, 0.5) is 11.4 Å². The van der Waals surface area contributed by atoms with Crippen LogP contribution in [0.3, 0.4) is 0 Å². The van der Waals surface area contributed by atoms with Crippen LogP contribution in [0.15, 0.2) is 56.8 Å². The van der Waals surface area contributed by atoms with Gasteiger partial charge in [-0.25, -0.2) is 4.79 Å². The number of methoxy groups -OCH3 is 1. The topological polar surface area (TPSA) is 135 Å². The molecule has 0 aliphatic heterocycles. The number of furan rings is 1. The van der Waals surface area contributed by atoms with Crippen molar-refractivity contribution in [3.63, 3.8) is 0 Å². The molecule has 2 aromatic heterocycles. The first kappa shape index (κ1) is 19.7. The van der Waals surface area contributed by atoms with Crippen molar-refractivity contribution >= 4 is 23.2 Å². The number of nitrogens with one attached hydrogen (secondary N) is 3. The normalized spacial score (nSPS) is 10.4. The molecular weight excluding hydrogens is 380 g/mol. The molecule has 0 saturated heterocycles. The highest BCUT2D eigenvalue weighted by Gasteiger charge is 2.17. The Kier molecular flexibility index (Phi) is 5.63. The van der Waals surface area contributed by atoms with Gasteiger partial charge in [0.15, 0.2) is 0 Å². The summed E-state index contributed by atoms with van der Waals surface area (Å²) in [4.78, 5) is 51.0. The minimum absolute atomic E-state index is 0.121. The Morgan fingerprint density at radius 1 is 1.21 bits per heavy atom. The smallest absolute Gasteiger partial charge is 0.328 e. The maximum absolute atomic E-state index is 12.7. The molecule has 0 aliphatic rings. The summed E-state index contributed by atoms with van der Waals surface area (Å²) in [5, 5.41) is 5.16. The van der Waals surface area contributed by atoms with Crippen molar-refractivity contribution in [1.82, 2.24) is 9.55 Å². The van der Waals surface area contributed by atoms with Crippen LogP contribution < -0.4 is 26.6 Å². The number of rotatable bonds is 6. The van der Waals surface area contributed by atoms with Gasteiger partial charge in [-0.15, -0.1) is 0 Å². The molecule has 1 aromatic carbocycles. The SMILES string of the molecule is COc1ccc(NC(C)=O)cc1NC(=O)c1c[nH]c(=O)n(Cc2ccco2)c1=O. The lowest BCUT2D eigenvalue weighted by atomic mass is 10.2. The molecule has 0 unspecified atom stereocenters. The highest BCUT2D eigenvalue weighted by molar-refractivity contribution is 6.05. The van der Waals surface area contributed by atoms with Crippen LogP contribution >= 0.6 is 0 Å². The van der Waals surface area contributed by atoms with Gasteiger partial charge in [0.25, 0.3) is 11.5 Å². The second-order valence-corrected chi connectivity index (χ2v) is 6.03. The minimum Gasteiger partial charge on any atom is -0.495 e. The highest BCUT2D eigenvalue weighted by Crippen LogP contribution is 2.28. The van der Waals surface area contributed by atoms with Gasteiger partial charge in [-0.05, 0) is 30.3 Å². The number of nitrogens with zero attached hydrogens (tertiary/aromatic N) is 1. The van der Waals surface area contributed by atoms with E-state index in [1.165, 1.54) is 26.4 Å². The van der Waals surface area contributed by atoms with E-state index >= 15 is 0 Å². The zero-order valence-corrected chi connectivity index (χ0v) is 15.6. The Bertz CT molecular complexity index is 1160. The van der Waals surface area contributed by atoms with Crippen LogP contribution in [0.1, 0.15) is 23.0 Å². The van der Waals surface area contributed by atoms with Gasteiger partial charge in [-0.3, -0.25) is 19.0 Å². The Morgan fingerprint density at radius 2 is 2.00 bits per heavy atom. The first-order chi connectivity index (χ1) is 13.9. The van der Waals surface area contributed by atoms with E-state index in [1.807, 2.05) is 0 Å². The predicted octanol–water partition coefficient (Wildman–Crippen LogP) is 1.40. The molecule has 3 aromatic rings. The van der Waals surface area contributed by atoms with Crippen LogP contribution in [-0.4, -0.2) is 28.5 Å². The second kappa shape index (κ2) is 8.30. The number of anilines is 2. The summed E-state index contributed by atoms with van der Waals surface area (Å²) in [6, 6.07) is 7.89. The van der Waals surface area contributed by atoms with Gasteiger partial charge in [0.2, 0.25) is 5.91 Å². The van der Waals surface area contributed by atoms with Gasteiger partial charge in [0, 0.05) is 18.8 Å². The lowest BCUT2D eigenvalue weighted by Gasteiger charge is -2.12. The van der Waals surface area contributed by atoms with Crippen molar-refractivity contribution in [2.24, 2.45) is 0 Å². The van der Waals surface area contributed by atoms with Gasteiger partial charge in [0.1, 0.15) is 17.1 Å². The third kappa shape index (κ3) is 4.43. The van der Waals surface area contributed by atoms with Gasteiger partial charge >= 0.3 is 5.69 Å². The molecule has 3 N–H and O–H groups in total. The first-order valence-electron chi connectivity index (χ1n) is 8.51. The van der Waals surface area contributed by atoms with Crippen LogP contribution in [0, 0.1) is 0 Å². The largest absolute Gasteiger partial charge is 0.495 e. The van der Waals surface area contributed by atoms with Crippen molar-refractivity contribution in [3.8, 4) is 5.75 Å². The number of aromatic nitrogens is 2. The fraction of sp³-hybridized carbons (Fsp3) is 0.158. The summed E-state index contributed by atoms with van der Waals surface area (Å²) in [5.74, 6) is -0.320. The molecule has 0 fully saturated rings. The quantitative estimate of drug-likeness (QED) is 0.574. The molecule has 150 valence electrons. The van der Waals surface area contributed by atoms with Crippen molar-refractivity contribution < 1.29 is 18.7 Å². The van der Waals surface area contributed by atoms with E-state index in [0.717, 1.165) is 10.8 Å². The van der Waals surface area contributed by atoms with Crippen molar-refractivity contribution in [1.29, 1.82) is 0 Å². The molecule has 2 amide bonds. The van der Waals surface area contributed by atoms with E-state index in [1.54, 1.807) is 24.3 Å². The van der Waals surface area contributed by atoms with E-state index in [2.05, 4.69) is 15.6 Å². The molecule has 0 atom stereocenters. The number of H-pyrrole nitrogens is 1. The van der Waals surface area contributed by atoms with Gasteiger partial charge < -0.3 is 24.8 Å². The lowest BCUT2D eigenvalue weighted by Crippen LogP contribution is -2.39. The first-order valence-corrected chi connectivity index (χ1v) is 8.51. The monoisotopic (exact) mass is 398 g/mol. The molecule has 3 rings (SSSR count). The molecule has 0 aliphatic carbocycles. The van der Waals surface area contributed by atoms with E-state index in [-0.39, 0.29) is 23.7 Å². The lowest BCUT2D eigenvalue weighted by molar-refractivity contribution is -0.114. The van der Waals surface area contributed by atoms with Crippen LogP contribution in [0.25, 0.3) is 0 Å². The fourth-order valence-corrected chi connectivity index (χ4v) is 2.65. The van der Waals surface area contributed by atoms with E-state index in [0.29, 0.717) is 17.2 Å². The summed E-state index contributed by atoms with van der Waals surface area (Å²) in [6.45, 7) is 1.23. The summed E-state index contributed by atoms with van der Waals surface area (Å²) in [6.07, 6.45) is 2.46. The predicted molar refractivity (Wildman–Crippen MR) is 104 cm³/mol. The Labute approximate surface area is 164 Å². The number of ether oxygens (including phenoxy) is 1.